The van der Waals surface area contributed by atoms with Crippen molar-refractivity contribution in [2.24, 2.45) is 5.73 Å². The van der Waals surface area contributed by atoms with E-state index in [2.05, 4.69) is 4.98 Å². The summed E-state index contributed by atoms with van der Waals surface area (Å²) < 4.78 is 5.10. The second kappa shape index (κ2) is 5.51. The Kier molecular flexibility index (Phi) is 3.79. The van der Waals surface area contributed by atoms with E-state index in [0.717, 1.165) is 22.8 Å². The molecule has 0 saturated heterocycles. The molecule has 0 saturated carbocycles. The minimum Gasteiger partial charge on any atom is -0.495 e. The van der Waals surface area contributed by atoms with Gasteiger partial charge in [-0.3, -0.25) is 0 Å². The predicted octanol–water partition coefficient (Wildman–Crippen LogP) is 2.32. The van der Waals surface area contributed by atoms with Gasteiger partial charge in [0, 0.05) is 19.3 Å². The number of hydrogen-bond acceptors (Lipinski definition) is 4. The van der Waals surface area contributed by atoms with Crippen molar-refractivity contribution < 1.29 is 4.74 Å². The lowest BCUT2D eigenvalue weighted by Crippen LogP contribution is -2.14. The number of pyridine rings is 1. The fourth-order valence-electron chi connectivity index (χ4n) is 1.83. The van der Waals surface area contributed by atoms with E-state index in [4.69, 9.17) is 10.5 Å². The number of para-hydroxylation sites is 1. The number of ether oxygens (including phenoxy) is 1. The molecule has 0 unspecified atom stereocenters. The largest absolute Gasteiger partial charge is 0.495 e. The summed E-state index contributed by atoms with van der Waals surface area (Å²) in [5.41, 5.74) is 7.91. The fourth-order valence-corrected chi connectivity index (χ4v) is 1.83. The first-order valence-corrected chi connectivity index (χ1v) is 5.78. The van der Waals surface area contributed by atoms with Gasteiger partial charge in [0.25, 0.3) is 0 Å². The van der Waals surface area contributed by atoms with E-state index < -0.39 is 0 Å². The number of nitrogens with zero attached hydrogens (tertiary/aromatic N) is 2. The Morgan fingerprint density at radius 2 is 2.00 bits per heavy atom. The van der Waals surface area contributed by atoms with E-state index in [1.165, 1.54) is 0 Å². The zero-order chi connectivity index (χ0) is 13.0. The molecule has 1 heterocycles. The SMILES string of the molecule is COc1ccc(N(C)c2ccccc2CN)nc1. The van der Waals surface area contributed by atoms with Crippen molar-refractivity contribution in [2.75, 3.05) is 19.1 Å². The Bertz CT molecular complexity index is 511. The van der Waals surface area contributed by atoms with E-state index >= 15 is 0 Å². The highest BCUT2D eigenvalue weighted by molar-refractivity contribution is 5.63. The summed E-state index contributed by atoms with van der Waals surface area (Å²) in [5, 5.41) is 0. The number of benzene rings is 1. The molecule has 2 aromatic rings. The molecule has 0 radical (unpaired) electrons. The summed E-state index contributed by atoms with van der Waals surface area (Å²) >= 11 is 0. The van der Waals surface area contributed by atoms with Crippen LogP contribution in [0.15, 0.2) is 42.6 Å². The molecule has 0 amide bonds. The Morgan fingerprint density at radius 3 is 2.61 bits per heavy atom. The van der Waals surface area contributed by atoms with Crippen molar-refractivity contribution >= 4 is 11.5 Å². The van der Waals surface area contributed by atoms with Gasteiger partial charge < -0.3 is 15.4 Å². The molecule has 4 nitrogen and oxygen atoms in total. The van der Waals surface area contributed by atoms with Gasteiger partial charge in [0.2, 0.25) is 0 Å². The number of aromatic nitrogens is 1. The molecule has 0 aliphatic rings. The third kappa shape index (κ3) is 2.43. The van der Waals surface area contributed by atoms with Crippen molar-refractivity contribution in [3.05, 3.63) is 48.2 Å². The van der Waals surface area contributed by atoms with Gasteiger partial charge in [0.15, 0.2) is 0 Å². The molecule has 0 spiro atoms. The first kappa shape index (κ1) is 12.4. The highest BCUT2D eigenvalue weighted by atomic mass is 16.5. The first-order chi connectivity index (χ1) is 8.76. The molecule has 2 rings (SSSR count). The summed E-state index contributed by atoms with van der Waals surface area (Å²) in [4.78, 5) is 6.38. The molecule has 1 aromatic heterocycles. The van der Waals surface area contributed by atoms with E-state index in [-0.39, 0.29) is 0 Å². The van der Waals surface area contributed by atoms with Crippen LogP contribution in [-0.2, 0) is 6.54 Å². The standard InChI is InChI=1S/C14H17N3O/c1-17(13-6-4-3-5-11(13)9-15)14-8-7-12(18-2)10-16-14/h3-8,10H,9,15H2,1-2H3. The highest BCUT2D eigenvalue weighted by Crippen LogP contribution is 2.26. The molecule has 0 aliphatic carbocycles. The molecule has 2 N–H and O–H groups in total. The molecule has 0 atom stereocenters. The lowest BCUT2D eigenvalue weighted by atomic mass is 10.1. The molecule has 0 bridgehead atoms. The first-order valence-electron chi connectivity index (χ1n) is 5.78. The Labute approximate surface area is 107 Å². The summed E-state index contributed by atoms with van der Waals surface area (Å²) in [6.45, 7) is 0.511. The van der Waals surface area contributed by atoms with Gasteiger partial charge in [-0.15, -0.1) is 0 Å². The fraction of sp³-hybridized carbons (Fsp3) is 0.214. The van der Waals surface area contributed by atoms with Gasteiger partial charge in [-0.2, -0.15) is 0 Å². The lowest BCUT2D eigenvalue weighted by Gasteiger charge is -2.21. The van der Waals surface area contributed by atoms with Gasteiger partial charge in [0.1, 0.15) is 11.6 Å². The van der Waals surface area contributed by atoms with Crippen LogP contribution in [0, 0.1) is 0 Å². The van der Waals surface area contributed by atoms with Crippen LogP contribution in [0.2, 0.25) is 0 Å². The lowest BCUT2D eigenvalue weighted by molar-refractivity contribution is 0.413. The van der Waals surface area contributed by atoms with E-state index in [9.17, 15) is 0 Å². The third-order valence-electron chi connectivity index (χ3n) is 2.87. The van der Waals surface area contributed by atoms with E-state index in [1.807, 2.05) is 48.3 Å². The summed E-state index contributed by atoms with van der Waals surface area (Å²) in [5.74, 6) is 1.61. The molecule has 0 aliphatic heterocycles. The van der Waals surface area contributed by atoms with Gasteiger partial charge in [-0.1, -0.05) is 18.2 Å². The number of methoxy groups -OCH3 is 1. The summed E-state index contributed by atoms with van der Waals surface area (Å²) in [7, 11) is 3.60. The second-order valence-corrected chi connectivity index (χ2v) is 3.95. The van der Waals surface area contributed by atoms with Crippen LogP contribution in [0.3, 0.4) is 0 Å². The van der Waals surface area contributed by atoms with Crippen molar-refractivity contribution in [3.8, 4) is 5.75 Å². The van der Waals surface area contributed by atoms with Crippen molar-refractivity contribution in [3.63, 3.8) is 0 Å². The topological polar surface area (TPSA) is 51.4 Å². The number of rotatable bonds is 4. The maximum Gasteiger partial charge on any atom is 0.137 e. The average Bonchev–Trinajstić information content (AvgIpc) is 2.46. The molecule has 4 heteroatoms. The molecule has 94 valence electrons. The van der Waals surface area contributed by atoms with Crippen LogP contribution in [0.1, 0.15) is 5.56 Å². The zero-order valence-electron chi connectivity index (χ0n) is 10.6. The smallest absolute Gasteiger partial charge is 0.137 e. The number of hydrogen-bond donors (Lipinski definition) is 1. The van der Waals surface area contributed by atoms with Crippen LogP contribution < -0.4 is 15.4 Å². The molecular formula is C14H17N3O. The summed E-state index contributed by atoms with van der Waals surface area (Å²) in [6, 6.07) is 11.9. The Balaban J connectivity index is 2.31. The predicted molar refractivity (Wildman–Crippen MR) is 73.2 cm³/mol. The van der Waals surface area contributed by atoms with Crippen LogP contribution >= 0.6 is 0 Å². The van der Waals surface area contributed by atoms with Gasteiger partial charge in [-0.25, -0.2) is 4.98 Å². The zero-order valence-corrected chi connectivity index (χ0v) is 10.6. The minimum absolute atomic E-state index is 0.511. The normalized spacial score (nSPS) is 10.2. The maximum atomic E-state index is 5.75. The van der Waals surface area contributed by atoms with Crippen LogP contribution in [0.5, 0.6) is 5.75 Å². The average molecular weight is 243 g/mol. The van der Waals surface area contributed by atoms with Crippen LogP contribution in [0.4, 0.5) is 11.5 Å². The second-order valence-electron chi connectivity index (χ2n) is 3.95. The van der Waals surface area contributed by atoms with Crippen molar-refractivity contribution in [1.29, 1.82) is 0 Å². The highest BCUT2D eigenvalue weighted by Gasteiger charge is 2.08. The Morgan fingerprint density at radius 1 is 1.22 bits per heavy atom. The van der Waals surface area contributed by atoms with Gasteiger partial charge in [-0.05, 0) is 23.8 Å². The van der Waals surface area contributed by atoms with Gasteiger partial charge >= 0.3 is 0 Å². The van der Waals surface area contributed by atoms with Crippen molar-refractivity contribution in [2.45, 2.75) is 6.54 Å². The monoisotopic (exact) mass is 243 g/mol. The molecule has 18 heavy (non-hydrogen) atoms. The van der Waals surface area contributed by atoms with E-state index in [1.54, 1.807) is 13.3 Å². The minimum atomic E-state index is 0.511. The third-order valence-corrected chi connectivity index (χ3v) is 2.87. The molecule has 0 fully saturated rings. The number of anilines is 2. The maximum absolute atomic E-state index is 5.75. The molecule has 1 aromatic carbocycles. The van der Waals surface area contributed by atoms with E-state index in [0.29, 0.717) is 6.54 Å². The van der Waals surface area contributed by atoms with Gasteiger partial charge in [0.05, 0.1) is 13.3 Å². The van der Waals surface area contributed by atoms with Crippen LogP contribution in [0.25, 0.3) is 0 Å². The Hall–Kier alpha value is -2.07. The summed E-state index contributed by atoms with van der Waals surface area (Å²) in [6.07, 6.45) is 1.71. The van der Waals surface area contributed by atoms with Crippen LogP contribution in [-0.4, -0.2) is 19.1 Å². The number of nitrogens with two attached hydrogens (primary N) is 1. The quantitative estimate of drug-likeness (QED) is 0.895. The molecular weight excluding hydrogens is 226 g/mol. The van der Waals surface area contributed by atoms with Crippen molar-refractivity contribution in [1.82, 2.24) is 4.98 Å².